The number of piperazine rings is 1. The molecule has 2 amide bonds. The molecule has 1 aliphatic rings. The lowest BCUT2D eigenvalue weighted by atomic mass is 10.1. The molecule has 0 saturated carbocycles. The van der Waals surface area contributed by atoms with Gasteiger partial charge in [-0.15, -0.1) is 0 Å². The third-order valence-corrected chi connectivity index (χ3v) is 3.15. The van der Waals surface area contributed by atoms with Crippen LogP contribution in [0.3, 0.4) is 0 Å². The summed E-state index contributed by atoms with van der Waals surface area (Å²) < 4.78 is 0. The molecule has 0 spiro atoms. The van der Waals surface area contributed by atoms with Crippen LogP contribution in [0, 0.1) is 0 Å². The third-order valence-electron chi connectivity index (χ3n) is 3.15. The Hall–Kier alpha value is -1.59. The molecule has 5 nitrogen and oxygen atoms in total. The highest BCUT2D eigenvalue weighted by Gasteiger charge is 2.08. The van der Waals surface area contributed by atoms with Gasteiger partial charge in [-0.25, -0.2) is 4.79 Å². The van der Waals surface area contributed by atoms with E-state index in [4.69, 9.17) is 5.73 Å². The van der Waals surface area contributed by atoms with Crippen molar-refractivity contribution in [2.24, 2.45) is 5.73 Å². The molecule has 0 radical (unpaired) electrons. The van der Waals surface area contributed by atoms with E-state index >= 15 is 0 Å². The minimum absolute atomic E-state index is 0.524. The number of hydrogen-bond acceptors (Lipinski definition) is 3. The molecule has 18 heavy (non-hydrogen) atoms. The van der Waals surface area contributed by atoms with Crippen LogP contribution in [0.4, 0.5) is 10.5 Å². The Morgan fingerprint density at radius 1 is 1.28 bits per heavy atom. The number of nitrogens with one attached hydrogen (secondary N) is 2. The zero-order chi connectivity index (χ0) is 12.8. The summed E-state index contributed by atoms with van der Waals surface area (Å²) >= 11 is 0. The van der Waals surface area contributed by atoms with Gasteiger partial charge in [0, 0.05) is 38.4 Å². The quantitative estimate of drug-likeness (QED) is 0.731. The van der Waals surface area contributed by atoms with Crippen LogP contribution < -0.4 is 16.4 Å². The second kappa shape index (κ2) is 6.37. The number of carbonyl (C=O) groups is 1. The molecule has 0 aliphatic carbocycles. The van der Waals surface area contributed by atoms with Crippen molar-refractivity contribution in [3.63, 3.8) is 0 Å². The second-order valence-electron chi connectivity index (χ2n) is 4.53. The number of nitrogens with zero attached hydrogens (tertiary/aromatic N) is 1. The molecule has 2 rings (SSSR count). The average molecular weight is 248 g/mol. The van der Waals surface area contributed by atoms with E-state index in [1.54, 1.807) is 0 Å². The third kappa shape index (κ3) is 4.01. The van der Waals surface area contributed by atoms with Crippen LogP contribution in [0.25, 0.3) is 0 Å². The molecule has 1 aliphatic heterocycles. The van der Waals surface area contributed by atoms with Crippen molar-refractivity contribution in [2.45, 2.75) is 6.42 Å². The number of rotatable bonds is 4. The lowest BCUT2D eigenvalue weighted by molar-refractivity contribution is 0.244. The zero-order valence-electron chi connectivity index (χ0n) is 10.5. The van der Waals surface area contributed by atoms with Gasteiger partial charge in [0.05, 0.1) is 0 Å². The summed E-state index contributed by atoms with van der Waals surface area (Å²) in [4.78, 5) is 13.1. The molecule has 1 aromatic rings. The SMILES string of the molecule is NC(=O)Nc1ccc(CCN2CCNCC2)cc1. The maximum absolute atomic E-state index is 10.7. The molecule has 5 heteroatoms. The maximum Gasteiger partial charge on any atom is 0.316 e. The van der Waals surface area contributed by atoms with Gasteiger partial charge in [-0.3, -0.25) is 0 Å². The number of primary amides is 1. The van der Waals surface area contributed by atoms with Crippen molar-refractivity contribution in [2.75, 3.05) is 38.0 Å². The summed E-state index contributed by atoms with van der Waals surface area (Å²) in [6.45, 7) is 5.51. The van der Waals surface area contributed by atoms with Gasteiger partial charge < -0.3 is 21.3 Å². The monoisotopic (exact) mass is 248 g/mol. The average Bonchev–Trinajstić information content (AvgIpc) is 2.38. The molecule has 0 unspecified atom stereocenters. The molecule has 0 atom stereocenters. The maximum atomic E-state index is 10.7. The van der Waals surface area contributed by atoms with Crippen molar-refractivity contribution in [1.29, 1.82) is 0 Å². The highest BCUT2D eigenvalue weighted by molar-refractivity contribution is 5.87. The fourth-order valence-electron chi connectivity index (χ4n) is 2.12. The number of hydrogen-bond donors (Lipinski definition) is 3. The number of carbonyl (C=O) groups excluding carboxylic acids is 1. The van der Waals surface area contributed by atoms with Gasteiger partial charge in [-0.1, -0.05) is 12.1 Å². The molecular formula is C13H20N4O. The van der Waals surface area contributed by atoms with Gasteiger partial charge in [0.25, 0.3) is 0 Å². The van der Waals surface area contributed by atoms with E-state index < -0.39 is 6.03 Å². The van der Waals surface area contributed by atoms with E-state index in [0.717, 1.165) is 44.8 Å². The zero-order valence-corrected chi connectivity index (χ0v) is 10.5. The van der Waals surface area contributed by atoms with Crippen LogP contribution in [-0.4, -0.2) is 43.7 Å². The van der Waals surface area contributed by atoms with Crippen LogP contribution in [0.2, 0.25) is 0 Å². The first-order chi connectivity index (χ1) is 8.74. The number of amides is 2. The molecule has 0 aromatic heterocycles. The standard InChI is InChI=1S/C13H20N4O/c14-13(18)16-12-3-1-11(2-4-12)5-8-17-9-6-15-7-10-17/h1-4,15H,5-10H2,(H3,14,16,18). The van der Waals surface area contributed by atoms with E-state index in [1.165, 1.54) is 5.56 Å². The minimum Gasteiger partial charge on any atom is -0.351 e. The molecule has 0 bridgehead atoms. The Bertz CT molecular complexity index is 384. The van der Waals surface area contributed by atoms with Gasteiger partial charge >= 0.3 is 6.03 Å². The lowest BCUT2D eigenvalue weighted by Gasteiger charge is -2.27. The van der Waals surface area contributed by atoms with E-state index in [9.17, 15) is 4.79 Å². The Balaban J connectivity index is 1.80. The van der Waals surface area contributed by atoms with E-state index in [1.807, 2.05) is 24.3 Å². The first kappa shape index (κ1) is 12.9. The molecule has 4 N–H and O–H groups in total. The summed E-state index contributed by atoms with van der Waals surface area (Å²) in [6.07, 6.45) is 1.04. The summed E-state index contributed by atoms with van der Waals surface area (Å²) in [5.74, 6) is 0. The Morgan fingerprint density at radius 3 is 2.56 bits per heavy atom. The number of urea groups is 1. The van der Waals surface area contributed by atoms with Crippen LogP contribution in [0.1, 0.15) is 5.56 Å². The fourth-order valence-corrected chi connectivity index (χ4v) is 2.12. The van der Waals surface area contributed by atoms with Gasteiger partial charge in [0.2, 0.25) is 0 Å². The molecule has 98 valence electrons. The predicted molar refractivity (Wildman–Crippen MR) is 72.7 cm³/mol. The summed E-state index contributed by atoms with van der Waals surface area (Å²) in [6, 6.07) is 7.32. The van der Waals surface area contributed by atoms with Crippen molar-refractivity contribution in [3.05, 3.63) is 29.8 Å². The fraction of sp³-hybridized carbons (Fsp3) is 0.462. The van der Waals surface area contributed by atoms with E-state index in [2.05, 4.69) is 15.5 Å². The minimum atomic E-state index is -0.524. The van der Waals surface area contributed by atoms with E-state index in [0.29, 0.717) is 0 Å². The van der Waals surface area contributed by atoms with Crippen molar-refractivity contribution in [1.82, 2.24) is 10.2 Å². The summed E-state index contributed by atoms with van der Waals surface area (Å²) in [5, 5.41) is 5.90. The van der Waals surface area contributed by atoms with Crippen LogP contribution >= 0.6 is 0 Å². The highest BCUT2D eigenvalue weighted by Crippen LogP contribution is 2.10. The highest BCUT2D eigenvalue weighted by atomic mass is 16.2. The Labute approximate surface area is 107 Å². The number of nitrogens with two attached hydrogens (primary N) is 1. The van der Waals surface area contributed by atoms with Crippen molar-refractivity contribution in [3.8, 4) is 0 Å². The molecule has 1 aromatic carbocycles. The number of benzene rings is 1. The molecule has 1 fully saturated rings. The normalized spacial score (nSPS) is 16.4. The van der Waals surface area contributed by atoms with Crippen molar-refractivity contribution < 1.29 is 4.79 Å². The summed E-state index contributed by atoms with van der Waals surface area (Å²) in [7, 11) is 0. The first-order valence-corrected chi connectivity index (χ1v) is 6.32. The molecule has 1 saturated heterocycles. The van der Waals surface area contributed by atoms with Gasteiger partial charge in [0.15, 0.2) is 0 Å². The van der Waals surface area contributed by atoms with Gasteiger partial charge in [0.1, 0.15) is 0 Å². The first-order valence-electron chi connectivity index (χ1n) is 6.32. The van der Waals surface area contributed by atoms with Crippen molar-refractivity contribution >= 4 is 11.7 Å². The Kier molecular flexibility index (Phi) is 4.55. The predicted octanol–water partition coefficient (Wildman–Crippen LogP) is 0.625. The van der Waals surface area contributed by atoms with Crippen LogP contribution in [-0.2, 0) is 6.42 Å². The molecular weight excluding hydrogens is 228 g/mol. The smallest absolute Gasteiger partial charge is 0.316 e. The topological polar surface area (TPSA) is 70.4 Å². The molecule has 1 heterocycles. The van der Waals surface area contributed by atoms with Crippen LogP contribution in [0.15, 0.2) is 24.3 Å². The van der Waals surface area contributed by atoms with Gasteiger partial charge in [-0.2, -0.15) is 0 Å². The lowest BCUT2D eigenvalue weighted by Crippen LogP contribution is -2.44. The Morgan fingerprint density at radius 2 is 1.94 bits per heavy atom. The van der Waals surface area contributed by atoms with Gasteiger partial charge in [-0.05, 0) is 24.1 Å². The van der Waals surface area contributed by atoms with Crippen LogP contribution in [0.5, 0.6) is 0 Å². The van der Waals surface area contributed by atoms with E-state index in [-0.39, 0.29) is 0 Å². The number of anilines is 1. The summed E-state index contributed by atoms with van der Waals surface area (Å²) in [5.41, 5.74) is 7.08. The second-order valence-corrected chi connectivity index (χ2v) is 4.53. The largest absolute Gasteiger partial charge is 0.351 e.